The lowest BCUT2D eigenvalue weighted by Gasteiger charge is -2.35. The van der Waals surface area contributed by atoms with Gasteiger partial charge < -0.3 is 4.90 Å². The molecule has 1 unspecified atom stereocenters. The minimum absolute atomic E-state index is 0.202. The number of fused-ring (bicyclic) bond motifs is 1. The molecule has 3 amide bonds. The van der Waals surface area contributed by atoms with Gasteiger partial charge in [0, 0.05) is 46.0 Å². The van der Waals surface area contributed by atoms with Crippen LogP contribution in [-0.2, 0) is 4.79 Å². The first kappa shape index (κ1) is 24.3. The number of carbonyl (C=O) groups is 2. The zero-order valence-electron chi connectivity index (χ0n) is 20.5. The maximum Gasteiger partial charge on any atom is 0.333 e. The molecule has 0 spiro atoms. The van der Waals surface area contributed by atoms with Crippen molar-refractivity contribution in [3.05, 3.63) is 30.1 Å². The molecule has 2 saturated heterocycles. The van der Waals surface area contributed by atoms with Gasteiger partial charge in [-0.05, 0) is 42.1 Å². The number of benzene rings is 1. The molecule has 1 aromatic carbocycles. The van der Waals surface area contributed by atoms with Gasteiger partial charge in [0.15, 0.2) is 0 Å². The summed E-state index contributed by atoms with van der Waals surface area (Å²) in [6, 6.07) is 5.79. The minimum atomic E-state index is -0.519. The van der Waals surface area contributed by atoms with Crippen LogP contribution < -0.4 is 4.90 Å². The molecule has 3 heterocycles. The van der Waals surface area contributed by atoms with E-state index in [4.69, 9.17) is 4.99 Å². The van der Waals surface area contributed by atoms with Gasteiger partial charge in [-0.25, -0.2) is 13.8 Å². The first-order valence-electron chi connectivity index (χ1n) is 12.4. The summed E-state index contributed by atoms with van der Waals surface area (Å²) in [5.74, 6) is 0.987. The second-order valence-electron chi connectivity index (χ2n) is 9.37. The summed E-state index contributed by atoms with van der Waals surface area (Å²) in [5.41, 5.74) is 1.03. The Balaban J connectivity index is 1.46. The smallest absolute Gasteiger partial charge is 0.333 e. The minimum Gasteiger partial charge on any atom is -0.369 e. The standard InChI is InChI=1S/C25H36FN6O2/c1-4-5-6-7-8-13-32-21(27-23-22(32)24(33)29(3)25(34)28(23)2)18-30-14-16-31(17-15-30)20-11-9-19(26)10-12-20/h9-12,22H,4-8,13-18H2,1-3H3/q+1. The van der Waals surface area contributed by atoms with E-state index in [0.29, 0.717) is 12.4 Å². The van der Waals surface area contributed by atoms with Gasteiger partial charge in [0.25, 0.3) is 17.8 Å². The van der Waals surface area contributed by atoms with Crippen molar-refractivity contribution in [1.29, 1.82) is 0 Å². The van der Waals surface area contributed by atoms with Crippen molar-refractivity contribution in [3.8, 4) is 0 Å². The van der Waals surface area contributed by atoms with Crippen LogP contribution in [0.15, 0.2) is 29.3 Å². The molecule has 3 aliphatic rings. The molecule has 3 aliphatic heterocycles. The number of likely N-dealkylation sites (N-methyl/N-ethyl adjacent to an activating group) is 2. The number of anilines is 1. The summed E-state index contributed by atoms with van der Waals surface area (Å²) in [6.45, 7) is 6.99. The molecule has 0 aliphatic carbocycles. The van der Waals surface area contributed by atoms with Crippen molar-refractivity contribution < 1.29 is 18.6 Å². The van der Waals surface area contributed by atoms with Crippen LogP contribution in [0.1, 0.15) is 39.0 Å². The lowest BCUT2D eigenvalue weighted by molar-refractivity contribution is -0.537. The van der Waals surface area contributed by atoms with E-state index in [9.17, 15) is 14.0 Å². The van der Waals surface area contributed by atoms with E-state index in [1.54, 1.807) is 14.1 Å². The van der Waals surface area contributed by atoms with Crippen LogP contribution in [0.4, 0.5) is 14.9 Å². The fourth-order valence-corrected chi connectivity index (χ4v) is 4.93. The van der Waals surface area contributed by atoms with E-state index < -0.39 is 6.04 Å². The number of hydrogen-bond acceptors (Lipinski definition) is 5. The van der Waals surface area contributed by atoms with Gasteiger partial charge >= 0.3 is 11.9 Å². The number of amides is 3. The molecule has 184 valence electrons. The van der Waals surface area contributed by atoms with E-state index in [2.05, 4.69) is 21.3 Å². The van der Waals surface area contributed by atoms with Crippen molar-refractivity contribution >= 4 is 29.3 Å². The van der Waals surface area contributed by atoms with Crippen molar-refractivity contribution in [2.45, 2.75) is 45.1 Å². The number of amidine groups is 2. The van der Waals surface area contributed by atoms with E-state index in [0.717, 1.165) is 57.1 Å². The Labute approximate surface area is 201 Å². The zero-order valence-corrected chi connectivity index (χ0v) is 20.5. The highest BCUT2D eigenvalue weighted by Crippen LogP contribution is 2.21. The topological polar surface area (TPSA) is 62.5 Å². The van der Waals surface area contributed by atoms with Gasteiger partial charge in [-0.2, -0.15) is 0 Å². The number of unbranched alkanes of at least 4 members (excludes halogenated alkanes) is 4. The number of urea groups is 1. The quantitative estimate of drug-likeness (QED) is 0.410. The second-order valence-corrected chi connectivity index (χ2v) is 9.37. The zero-order chi connectivity index (χ0) is 24.2. The van der Waals surface area contributed by atoms with Gasteiger partial charge in [0.1, 0.15) is 12.4 Å². The summed E-state index contributed by atoms with van der Waals surface area (Å²) in [5, 5.41) is 0. The largest absolute Gasteiger partial charge is 0.369 e. The molecule has 1 aromatic rings. The van der Waals surface area contributed by atoms with E-state index in [-0.39, 0.29) is 17.8 Å². The van der Waals surface area contributed by atoms with Crippen LogP contribution in [0, 0.1) is 5.82 Å². The summed E-state index contributed by atoms with van der Waals surface area (Å²) in [4.78, 5) is 37.7. The molecule has 9 heteroatoms. The third-order valence-electron chi connectivity index (χ3n) is 7.05. The highest BCUT2D eigenvalue weighted by atomic mass is 19.1. The molecule has 34 heavy (non-hydrogen) atoms. The average molecular weight is 472 g/mol. The Kier molecular flexibility index (Phi) is 7.60. The Bertz CT molecular complexity index is 968. The third-order valence-corrected chi connectivity index (χ3v) is 7.05. The molecular formula is C25H36FN6O2+. The summed E-state index contributed by atoms with van der Waals surface area (Å²) < 4.78 is 15.4. The Hall–Kier alpha value is -2.81. The normalized spacial score (nSPS) is 21.5. The van der Waals surface area contributed by atoms with Crippen LogP contribution >= 0.6 is 0 Å². The molecule has 1 atom stereocenters. The molecule has 8 nitrogen and oxygen atoms in total. The summed E-state index contributed by atoms with van der Waals surface area (Å²) in [6.07, 6.45) is 5.72. The maximum atomic E-state index is 13.3. The molecule has 0 bridgehead atoms. The SMILES string of the molecule is CCCCCCC[N+]1=C(CN2CCN(c3ccc(F)cc3)CC2)N=C2C1C(=O)N(C)C(=O)N2C. The van der Waals surface area contributed by atoms with Crippen LogP contribution in [0.25, 0.3) is 0 Å². The first-order chi connectivity index (χ1) is 16.4. The number of halogens is 1. The van der Waals surface area contributed by atoms with Crippen LogP contribution in [0.3, 0.4) is 0 Å². The summed E-state index contributed by atoms with van der Waals surface area (Å²) in [7, 11) is 3.24. The van der Waals surface area contributed by atoms with Crippen molar-refractivity contribution in [2.24, 2.45) is 4.99 Å². The predicted octanol–water partition coefficient (Wildman–Crippen LogP) is 2.63. The Morgan fingerprint density at radius 1 is 0.971 bits per heavy atom. The molecular weight excluding hydrogens is 435 g/mol. The lowest BCUT2D eigenvalue weighted by Crippen LogP contribution is -2.61. The van der Waals surface area contributed by atoms with Crippen LogP contribution in [0.5, 0.6) is 0 Å². The van der Waals surface area contributed by atoms with Gasteiger partial charge in [-0.1, -0.05) is 26.2 Å². The highest BCUT2D eigenvalue weighted by Gasteiger charge is 2.52. The number of rotatable bonds is 9. The second kappa shape index (κ2) is 10.6. The van der Waals surface area contributed by atoms with E-state index >= 15 is 0 Å². The van der Waals surface area contributed by atoms with Crippen molar-refractivity contribution in [3.63, 3.8) is 0 Å². The molecule has 0 N–H and O–H groups in total. The number of imide groups is 1. The monoisotopic (exact) mass is 471 g/mol. The Morgan fingerprint density at radius 2 is 1.65 bits per heavy atom. The van der Waals surface area contributed by atoms with Gasteiger partial charge in [-0.15, -0.1) is 0 Å². The average Bonchev–Trinajstić information content (AvgIpc) is 3.20. The van der Waals surface area contributed by atoms with Gasteiger partial charge in [-0.3, -0.25) is 19.5 Å². The molecule has 4 rings (SSSR count). The molecule has 2 fully saturated rings. The highest BCUT2D eigenvalue weighted by molar-refractivity contribution is 6.23. The first-order valence-corrected chi connectivity index (χ1v) is 12.4. The van der Waals surface area contributed by atoms with Gasteiger partial charge in [0.2, 0.25) is 0 Å². The lowest BCUT2D eigenvalue weighted by atomic mass is 10.1. The number of aliphatic imine (C=N–C) groups is 1. The molecule has 0 saturated carbocycles. The molecule has 0 aromatic heterocycles. The van der Waals surface area contributed by atoms with E-state index in [1.165, 1.54) is 41.2 Å². The number of carbonyl (C=O) groups excluding carboxylic acids is 2. The van der Waals surface area contributed by atoms with Crippen molar-refractivity contribution in [2.75, 3.05) is 58.3 Å². The van der Waals surface area contributed by atoms with Crippen LogP contribution in [0.2, 0.25) is 0 Å². The van der Waals surface area contributed by atoms with Crippen molar-refractivity contribution in [1.82, 2.24) is 14.7 Å². The maximum absolute atomic E-state index is 13.3. The number of hydrogen-bond donors (Lipinski definition) is 0. The number of nitrogens with zero attached hydrogens (tertiary/aromatic N) is 6. The van der Waals surface area contributed by atoms with E-state index in [1.807, 2.05) is 12.1 Å². The fraction of sp³-hybridized carbons (Fsp3) is 0.600. The molecule has 0 radical (unpaired) electrons. The van der Waals surface area contributed by atoms with Gasteiger partial charge in [0.05, 0.1) is 6.54 Å². The third kappa shape index (κ3) is 4.99. The van der Waals surface area contributed by atoms with Crippen LogP contribution in [-0.4, -0.2) is 102 Å². The predicted molar refractivity (Wildman–Crippen MR) is 131 cm³/mol. The number of piperazine rings is 1. The Morgan fingerprint density at radius 3 is 2.32 bits per heavy atom. The fourth-order valence-electron chi connectivity index (χ4n) is 4.93. The summed E-state index contributed by atoms with van der Waals surface area (Å²) >= 11 is 0.